The second-order valence-corrected chi connectivity index (χ2v) is 15.2. The predicted molar refractivity (Wildman–Crippen MR) is 174 cm³/mol. The van der Waals surface area contributed by atoms with Crippen LogP contribution in [0.1, 0.15) is 140 Å². The number of unbranched alkanes of at least 4 members (excludes halogenated alkanes) is 2. The molecule has 6 heteroatoms. The third kappa shape index (κ3) is 8.56. The maximum atomic E-state index is 15.4. The fraction of sp³-hybridized carbons (Fsp3) is 0.684. The Morgan fingerprint density at radius 3 is 2.00 bits per heavy atom. The summed E-state index contributed by atoms with van der Waals surface area (Å²) in [6, 6.07) is 9.70. The van der Waals surface area contributed by atoms with Gasteiger partial charge in [-0.05, 0) is 129 Å². The SMILES string of the molecule is CCCCCC1CCC(C2CCC(c3ccc(C4CCC(C(F)(F)Oc5ccc(SCC)c(F)c5)CC4)c(F)c3)CC2)CC1. The molecule has 0 aliphatic heterocycles. The summed E-state index contributed by atoms with van der Waals surface area (Å²) in [4.78, 5) is 0.426. The van der Waals surface area contributed by atoms with Crippen LogP contribution in [0.3, 0.4) is 0 Å². The lowest BCUT2D eigenvalue weighted by molar-refractivity contribution is -0.222. The van der Waals surface area contributed by atoms with Gasteiger partial charge >= 0.3 is 6.11 Å². The molecule has 0 heterocycles. The smallest absolute Gasteiger partial charge is 0.400 e. The van der Waals surface area contributed by atoms with Gasteiger partial charge in [0, 0.05) is 11.0 Å². The van der Waals surface area contributed by atoms with E-state index >= 15 is 13.2 Å². The van der Waals surface area contributed by atoms with E-state index < -0.39 is 17.8 Å². The summed E-state index contributed by atoms with van der Waals surface area (Å²) < 4.78 is 64.8. The van der Waals surface area contributed by atoms with Crippen molar-refractivity contribution in [1.82, 2.24) is 0 Å². The Kier molecular flexibility index (Phi) is 12.0. The first-order chi connectivity index (χ1) is 21.3. The normalized spacial score (nSPS) is 28.1. The Hall–Kier alpha value is -1.69. The van der Waals surface area contributed by atoms with Crippen molar-refractivity contribution in [2.45, 2.75) is 139 Å². The second kappa shape index (κ2) is 15.7. The molecule has 5 rings (SSSR count). The molecule has 3 aliphatic rings. The topological polar surface area (TPSA) is 9.23 Å². The number of thioether (sulfide) groups is 1. The number of rotatable bonds is 12. The second-order valence-electron chi connectivity index (χ2n) is 13.9. The summed E-state index contributed by atoms with van der Waals surface area (Å²) in [6.07, 6.45) is 14.0. The van der Waals surface area contributed by atoms with Crippen LogP contribution in [-0.2, 0) is 0 Å². The van der Waals surface area contributed by atoms with E-state index in [1.54, 1.807) is 6.07 Å². The van der Waals surface area contributed by atoms with Gasteiger partial charge in [-0.2, -0.15) is 8.78 Å². The predicted octanol–water partition coefficient (Wildman–Crippen LogP) is 12.7. The molecule has 0 atom stereocenters. The molecule has 1 nitrogen and oxygen atoms in total. The molecule has 0 spiro atoms. The van der Waals surface area contributed by atoms with Crippen molar-refractivity contribution in [3.05, 3.63) is 59.2 Å². The molecule has 0 N–H and O–H groups in total. The minimum absolute atomic E-state index is 0.0632. The molecular weight excluding hydrogens is 580 g/mol. The summed E-state index contributed by atoms with van der Waals surface area (Å²) in [5.74, 6) is 1.87. The third-order valence-electron chi connectivity index (χ3n) is 11.1. The van der Waals surface area contributed by atoms with Crippen LogP contribution >= 0.6 is 11.8 Å². The van der Waals surface area contributed by atoms with E-state index in [0.29, 0.717) is 35.0 Å². The van der Waals surface area contributed by atoms with Crippen LogP contribution in [0, 0.1) is 35.3 Å². The molecule has 3 fully saturated rings. The molecule has 0 radical (unpaired) electrons. The Balaban J connectivity index is 1.08. The summed E-state index contributed by atoms with van der Waals surface area (Å²) in [5.41, 5.74) is 1.76. The summed E-state index contributed by atoms with van der Waals surface area (Å²) in [6.45, 7) is 4.19. The highest BCUT2D eigenvalue weighted by Crippen LogP contribution is 2.47. The first kappa shape index (κ1) is 33.7. The van der Waals surface area contributed by atoms with Crippen molar-refractivity contribution < 1.29 is 22.3 Å². The molecule has 0 unspecified atom stereocenters. The van der Waals surface area contributed by atoms with E-state index in [4.69, 9.17) is 4.74 Å². The van der Waals surface area contributed by atoms with Crippen LogP contribution in [0.25, 0.3) is 0 Å². The lowest BCUT2D eigenvalue weighted by Gasteiger charge is -2.38. The zero-order valence-corrected chi connectivity index (χ0v) is 27.6. The van der Waals surface area contributed by atoms with Crippen LogP contribution in [-0.4, -0.2) is 11.9 Å². The van der Waals surface area contributed by atoms with Crippen molar-refractivity contribution >= 4 is 11.8 Å². The van der Waals surface area contributed by atoms with Crippen molar-refractivity contribution in [2.75, 3.05) is 5.75 Å². The number of halogens is 4. The lowest BCUT2D eigenvalue weighted by Crippen LogP contribution is -2.37. The molecule has 44 heavy (non-hydrogen) atoms. The number of hydrogen-bond donors (Lipinski definition) is 0. The standard InChI is InChI=1S/C38H52F4OS/c1-3-5-6-7-26-8-10-27(11-9-26)28-12-14-29(15-13-28)31-18-22-34(35(39)24-31)30-16-19-32(20-17-30)38(41,42)43-33-21-23-37(44-4-2)36(40)25-33/h18,21-30,32H,3-17,19-20H2,1-2H3. The zero-order chi connectivity index (χ0) is 31.1. The lowest BCUT2D eigenvalue weighted by atomic mass is 9.68. The maximum absolute atomic E-state index is 15.4. The van der Waals surface area contributed by atoms with Crippen LogP contribution in [0.15, 0.2) is 41.3 Å². The van der Waals surface area contributed by atoms with Gasteiger partial charge in [0.15, 0.2) is 0 Å². The first-order valence-electron chi connectivity index (χ1n) is 17.6. The van der Waals surface area contributed by atoms with Gasteiger partial charge in [0.25, 0.3) is 0 Å². The summed E-state index contributed by atoms with van der Waals surface area (Å²) in [5, 5.41) is 0. The van der Waals surface area contributed by atoms with Gasteiger partial charge in [0.1, 0.15) is 17.4 Å². The van der Waals surface area contributed by atoms with E-state index in [9.17, 15) is 4.39 Å². The van der Waals surface area contributed by atoms with Crippen molar-refractivity contribution in [3.63, 3.8) is 0 Å². The van der Waals surface area contributed by atoms with Gasteiger partial charge in [0.05, 0.1) is 5.92 Å². The van der Waals surface area contributed by atoms with E-state index in [1.165, 1.54) is 88.1 Å². The molecule has 0 saturated heterocycles. The highest BCUT2D eigenvalue weighted by Gasteiger charge is 2.44. The number of alkyl halides is 2. The number of benzene rings is 2. The molecular formula is C38H52F4OS. The molecule has 3 aliphatic carbocycles. The Morgan fingerprint density at radius 2 is 1.39 bits per heavy atom. The van der Waals surface area contributed by atoms with E-state index in [1.807, 2.05) is 13.0 Å². The molecule has 2 aromatic carbocycles. The van der Waals surface area contributed by atoms with Gasteiger partial charge in [-0.15, -0.1) is 11.8 Å². The molecule has 0 aromatic heterocycles. The monoisotopic (exact) mass is 632 g/mol. The number of ether oxygens (including phenoxy) is 1. The van der Waals surface area contributed by atoms with E-state index in [0.717, 1.165) is 42.2 Å². The fourth-order valence-corrected chi connectivity index (χ4v) is 9.15. The zero-order valence-electron chi connectivity index (χ0n) is 26.8. The molecule has 0 amide bonds. The highest BCUT2D eigenvalue weighted by atomic mass is 32.2. The minimum atomic E-state index is -3.40. The quantitative estimate of drug-likeness (QED) is 0.131. The van der Waals surface area contributed by atoms with Gasteiger partial charge < -0.3 is 4.74 Å². The largest absolute Gasteiger partial charge is 0.432 e. The molecule has 0 bridgehead atoms. The number of hydrogen-bond acceptors (Lipinski definition) is 2. The van der Waals surface area contributed by atoms with Gasteiger partial charge in [-0.25, -0.2) is 8.78 Å². The molecule has 2 aromatic rings. The summed E-state index contributed by atoms with van der Waals surface area (Å²) in [7, 11) is 0. The Morgan fingerprint density at radius 1 is 0.727 bits per heavy atom. The van der Waals surface area contributed by atoms with E-state index in [2.05, 4.69) is 13.0 Å². The first-order valence-corrected chi connectivity index (χ1v) is 18.5. The van der Waals surface area contributed by atoms with Gasteiger partial charge in [-0.3, -0.25) is 0 Å². The van der Waals surface area contributed by atoms with E-state index in [-0.39, 0.29) is 30.3 Å². The molecule has 3 saturated carbocycles. The Bertz CT molecular complexity index is 1180. The van der Waals surface area contributed by atoms with Crippen LogP contribution in [0.2, 0.25) is 0 Å². The average molecular weight is 633 g/mol. The fourth-order valence-electron chi connectivity index (χ4n) is 8.48. The Labute approximate surface area is 267 Å². The summed E-state index contributed by atoms with van der Waals surface area (Å²) >= 11 is 1.32. The minimum Gasteiger partial charge on any atom is -0.432 e. The van der Waals surface area contributed by atoms with Gasteiger partial charge in [0.2, 0.25) is 0 Å². The van der Waals surface area contributed by atoms with Crippen molar-refractivity contribution in [3.8, 4) is 5.75 Å². The third-order valence-corrected chi connectivity index (χ3v) is 12.1. The van der Waals surface area contributed by atoms with Crippen LogP contribution < -0.4 is 4.74 Å². The van der Waals surface area contributed by atoms with Crippen molar-refractivity contribution in [2.24, 2.45) is 23.7 Å². The average Bonchev–Trinajstić information content (AvgIpc) is 3.03. The highest BCUT2D eigenvalue weighted by molar-refractivity contribution is 7.99. The van der Waals surface area contributed by atoms with Crippen LogP contribution in [0.5, 0.6) is 5.75 Å². The van der Waals surface area contributed by atoms with Crippen molar-refractivity contribution in [1.29, 1.82) is 0 Å². The molecule has 244 valence electrons. The van der Waals surface area contributed by atoms with Gasteiger partial charge in [-0.1, -0.05) is 64.5 Å². The maximum Gasteiger partial charge on any atom is 0.400 e. The van der Waals surface area contributed by atoms with Crippen LogP contribution in [0.4, 0.5) is 17.6 Å².